The van der Waals surface area contributed by atoms with Gasteiger partial charge in [-0.3, -0.25) is 9.48 Å². The Morgan fingerprint density at radius 3 is 2.84 bits per heavy atom. The number of rotatable bonds is 8. The zero-order valence-electron chi connectivity index (χ0n) is 18.1. The van der Waals surface area contributed by atoms with Gasteiger partial charge in [-0.05, 0) is 43.0 Å². The minimum atomic E-state index is -0.821. The molecule has 6 nitrogen and oxygen atoms in total. The molecule has 1 aromatic heterocycles. The van der Waals surface area contributed by atoms with Crippen molar-refractivity contribution in [3.63, 3.8) is 0 Å². The molecule has 1 fully saturated rings. The molecule has 0 spiro atoms. The zero-order valence-corrected chi connectivity index (χ0v) is 18.1. The lowest BCUT2D eigenvalue weighted by atomic mass is 9.89. The van der Waals surface area contributed by atoms with Crippen LogP contribution in [0.5, 0.6) is 5.75 Å². The summed E-state index contributed by atoms with van der Waals surface area (Å²) in [6.45, 7) is 3.78. The lowest BCUT2D eigenvalue weighted by Gasteiger charge is -2.27. The molecule has 1 saturated heterocycles. The molecule has 4 rings (SSSR count). The molecule has 2 heterocycles. The van der Waals surface area contributed by atoms with E-state index < -0.39 is 5.60 Å². The molecule has 162 valence electrons. The second kappa shape index (κ2) is 9.35. The summed E-state index contributed by atoms with van der Waals surface area (Å²) in [4.78, 5) is 13.2. The lowest BCUT2D eigenvalue weighted by Crippen LogP contribution is -2.48. The first-order chi connectivity index (χ1) is 15.1. The first-order valence-corrected chi connectivity index (χ1v) is 10.7. The third kappa shape index (κ3) is 4.64. The number of aryl methyl sites for hydroxylation is 1. The predicted octanol–water partition coefficient (Wildman–Crippen LogP) is 3.78. The smallest absolute Gasteiger partial charge is 0.252 e. The monoisotopic (exact) mass is 419 g/mol. The van der Waals surface area contributed by atoms with Crippen LogP contribution in [0.15, 0.2) is 60.8 Å². The summed E-state index contributed by atoms with van der Waals surface area (Å²) in [5.74, 6) is 0.788. The van der Waals surface area contributed by atoms with E-state index in [0.29, 0.717) is 26.1 Å². The highest BCUT2D eigenvalue weighted by molar-refractivity contribution is 5.86. The number of hydrogen-bond acceptors (Lipinski definition) is 4. The molecular formula is C25H29N3O3. The van der Waals surface area contributed by atoms with Crippen molar-refractivity contribution in [2.45, 2.75) is 38.3 Å². The van der Waals surface area contributed by atoms with Crippen LogP contribution in [0.2, 0.25) is 0 Å². The van der Waals surface area contributed by atoms with Gasteiger partial charge in [0.15, 0.2) is 5.60 Å². The van der Waals surface area contributed by atoms with E-state index in [9.17, 15) is 4.79 Å². The largest absolute Gasteiger partial charge is 0.496 e. The maximum Gasteiger partial charge on any atom is 0.252 e. The molecule has 0 radical (unpaired) electrons. The van der Waals surface area contributed by atoms with Gasteiger partial charge in [-0.1, -0.05) is 42.5 Å². The Bertz CT molecular complexity index is 1040. The second-order valence-corrected chi connectivity index (χ2v) is 7.98. The van der Waals surface area contributed by atoms with Crippen molar-refractivity contribution in [1.82, 2.24) is 15.1 Å². The summed E-state index contributed by atoms with van der Waals surface area (Å²) in [5.41, 5.74) is 3.43. The van der Waals surface area contributed by atoms with Crippen LogP contribution in [-0.2, 0) is 22.5 Å². The highest BCUT2D eigenvalue weighted by Gasteiger charge is 2.42. The summed E-state index contributed by atoms with van der Waals surface area (Å²) in [6, 6.07) is 18.2. The molecule has 1 N–H and O–H groups in total. The van der Waals surface area contributed by atoms with Crippen molar-refractivity contribution in [3.05, 3.63) is 72.1 Å². The van der Waals surface area contributed by atoms with E-state index in [2.05, 4.69) is 28.6 Å². The predicted molar refractivity (Wildman–Crippen MR) is 120 cm³/mol. The van der Waals surface area contributed by atoms with Crippen molar-refractivity contribution < 1.29 is 14.3 Å². The third-order valence-electron chi connectivity index (χ3n) is 5.89. The number of ether oxygens (including phenoxy) is 2. The van der Waals surface area contributed by atoms with E-state index in [1.807, 2.05) is 48.0 Å². The molecular weight excluding hydrogens is 390 g/mol. The number of methoxy groups -OCH3 is 1. The molecule has 1 amide bonds. The number of carbonyl (C=O) groups excluding carboxylic acids is 1. The number of nitrogens with one attached hydrogen (secondary N) is 1. The molecule has 1 unspecified atom stereocenters. The van der Waals surface area contributed by atoms with Crippen molar-refractivity contribution >= 4 is 5.91 Å². The second-order valence-electron chi connectivity index (χ2n) is 7.98. The van der Waals surface area contributed by atoms with E-state index >= 15 is 0 Å². The fraction of sp³-hybridized carbons (Fsp3) is 0.360. The zero-order chi connectivity index (χ0) is 21.7. The first-order valence-electron chi connectivity index (χ1n) is 10.7. The summed E-state index contributed by atoms with van der Waals surface area (Å²) < 4.78 is 13.5. The normalized spacial score (nSPS) is 18.1. The van der Waals surface area contributed by atoms with Gasteiger partial charge in [0.1, 0.15) is 5.75 Å². The average Bonchev–Trinajstić information content (AvgIpc) is 3.43. The molecule has 6 heteroatoms. The number of hydrogen-bond donors (Lipinski definition) is 1. The van der Waals surface area contributed by atoms with E-state index in [-0.39, 0.29) is 5.91 Å². The quantitative estimate of drug-likeness (QED) is 0.604. The van der Waals surface area contributed by atoms with Crippen LogP contribution < -0.4 is 10.1 Å². The molecule has 31 heavy (non-hydrogen) atoms. The Kier molecular flexibility index (Phi) is 6.37. The highest BCUT2D eigenvalue weighted by Crippen LogP contribution is 2.33. The maximum atomic E-state index is 13.2. The number of nitrogens with zero attached hydrogens (tertiary/aromatic N) is 2. The molecule has 0 aliphatic carbocycles. The van der Waals surface area contributed by atoms with Crippen LogP contribution in [0.25, 0.3) is 11.1 Å². The van der Waals surface area contributed by atoms with E-state index in [0.717, 1.165) is 41.0 Å². The van der Waals surface area contributed by atoms with Crippen molar-refractivity contribution in [2.75, 3.05) is 20.3 Å². The van der Waals surface area contributed by atoms with Crippen LogP contribution in [0.1, 0.15) is 24.1 Å². The molecule has 0 saturated carbocycles. The minimum Gasteiger partial charge on any atom is -0.496 e. The van der Waals surface area contributed by atoms with Crippen molar-refractivity contribution in [1.29, 1.82) is 0 Å². The number of para-hydroxylation sites is 1. The number of benzene rings is 2. The van der Waals surface area contributed by atoms with Gasteiger partial charge in [0.05, 0.1) is 13.7 Å². The van der Waals surface area contributed by atoms with Gasteiger partial charge in [-0.15, -0.1) is 0 Å². The summed E-state index contributed by atoms with van der Waals surface area (Å²) in [5, 5.41) is 7.34. The van der Waals surface area contributed by atoms with Crippen molar-refractivity contribution in [2.24, 2.45) is 0 Å². The van der Waals surface area contributed by atoms with Gasteiger partial charge in [-0.25, -0.2) is 0 Å². The Labute approximate surface area is 183 Å². The topological polar surface area (TPSA) is 65.4 Å². The minimum absolute atomic E-state index is 0.0440. The number of carbonyl (C=O) groups is 1. The van der Waals surface area contributed by atoms with Gasteiger partial charge in [-0.2, -0.15) is 5.10 Å². The van der Waals surface area contributed by atoms with Crippen molar-refractivity contribution in [3.8, 4) is 16.9 Å². The van der Waals surface area contributed by atoms with E-state index in [4.69, 9.17) is 9.47 Å². The molecule has 1 atom stereocenters. The van der Waals surface area contributed by atoms with Crippen LogP contribution in [0.3, 0.4) is 0 Å². The van der Waals surface area contributed by atoms with E-state index in [1.54, 1.807) is 13.3 Å². The highest BCUT2D eigenvalue weighted by atomic mass is 16.5. The Morgan fingerprint density at radius 1 is 1.23 bits per heavy atom. The fourth-order valence-corrected chi connectivity index (χ4v) is 4.23. The number of amides is 1. The van der Waals surface area contributed by atoms with Gasteiger partial charge in [0.2, 0.25) is 0 Å². The van der Waals surface area contributed by atoms with Gasteiger partial charge in [0, 0.05) is 37.0 Å². The molecule has 2 aromatic carbocycles. The standard InChI is InChI=1S/C25H29N3O3/c1-19-11-13-27-28(19)15-14-26-24(29)25(12-6-16-31-25)18-20-7-5-8-21(17-20)22-9-3-4-10-23(22)30-2/h3-5,7-11,13,17H,6,12,14-16,18H2,1-2H3,(H,26,29). The van der Waals surface area contributed by atoms with Gasteiger partial charge >= 0.3 is 0 Å². The lowest BCUT2D eigenvalue weighted by molar-refractivity contribution is -0.141. The molecule has 1 aliphatic rings. The van der Waals surface area contributed by atoms with Gasteiger partial charge < -0.3 is 14.8 Å². The third-order valence-corrected chi connectivity index (χ3v) is 5.89. The Balaban J connectivity index is 1.49. The summed E-state index contributed by atoms with van der Waals surface area (Å²) in [6.07, 6.45) is 3.92. The van der Waals surface area contributed by atoms with E-state index in [1.165, 1.54) is 0 Å². The SMILES string of the molecule is COc1ccccc1-c1cccc(CC2(C(=O)NCCn3nccc3C)CCCO2)c1. The molecule has 1 aliphatic heterocycles. The van der Waals surface area contributed by atoms with Gasteiger partial charge in [0.25, 0.3) is 5.91 Å². The van der Waals surface area contributed by atoms with Crippen LogP contribution in [-0.4, -0.2) is 41.6 Å². The first kappa shape index (κ1) is 21.1. The molecule has 3 aromatic rings. The van der Waals surface area contributed by atoms with Crippen LogP contribution in [0.4, 0.5) is 0 Å². The summed E-state index contributed by atoms with van der Waals surface area (Å²) >= 11 is 0. The summed E-state index contributed by atoms with van der Waals surface area (Å²) in [7, 11) is 1.68. The Hall–Kier alpha value is -3.12. The number of aromatic nitrogens is 2. The Morgan fingerprint density at radius 2 is 2.10 bits per heavy atom. The fourth-order valence-electron chi connectivity index (χ4n) is 4.23. The molecule has 0 bridgehead atoms. The van der Waals surface area contributed by atoms with Crippen LogP contribution >= 0.6 is 0 Å². The maximum absolute atomic E-state index is 13.2. The average molecular weight is 420 g/mol. The van der Waals surface area contributed by atoms with Crippen LogP contribution in [0, 0.1) is 6.92 Å².